The molecule has 3 N–H and O–H groups in total. The number of aliphatic hydroxyl groups is 1. The Hall–Kier alpha value is -1.30. The number of carboxylic acid groups (broad SMARTS) is 1. The standard InChI is InChI=1S/C11H21NO5/c1-5-6-7(13)8(9(14)15)12-10(16)17-11(2,3)4/h7-8,13H,5-6H2,1-4H3,(H,12,16)(H,14,15)/t7-,8+/m1/s1. The van der Waals surface area contributed by atoms with E-state index in [1.807, 2.05) is 6.92 Å². The minimum atomic E-state index is -1.34. The number of amides is 1. The normalized spacial score (nSPS) is 14.9. The first-order chi connectivity index (χ1) is 7.67. The van der Waals surface area contributed by atoms with Crippen LogP contribution in [0.2, 0.25) is 0 Å². The fourth-order valence-corrected chi connectivity index (χ4v) is 1.22. The monoisotopic (exact) mass is 247 g/mol. The molecule has 0 aromatic carbocycles. The zero-order valence-electron chi connectivity index (χ0n) is 10.7. The van der Waals surface area contributed by atoms with Gasteiger partial charge in [-0.2, -0.15) is 0 Å². The first-order valence-corrected chi connectivity index (χ1v) is 5.57. The lowest BCUT2D eigenvalue weighted by atomic mass is 10.1. The molecular weight excluding hydrogens is 226 g/mol. The molecule has 0 radical (unpaired) electrons. The summed E-state index contributed by atoms with van der Waals surface area (Å²) in [7, 11) is 0. The van der Waals surface area contributed by atoms with E-state index in [2.05, 4.69) is 5.32 Å². The van der Waals surface area contributed by atoms with E-state index in [9.17, 15) is 14.7 Å². The number of carboxylic acids is 1. The van der Waals surface area contributed by atoms with E-state index in [-0.39, 0.29) is 0 Å². The van der Waals surface area contributed by atoms with E-state index in [4.69, 9.17) is 9.84 Å². The van der Waals surface area contributed by atoms with Crippen LogP contribution in [0.1, 0.15) is 40.5 Å². The number of ether oxygens (including phenoxy) is 1. The van der Waals surface area contributed by atoms with E-state index >= 15 is 0 Å². The summed E-state index contributed by atoms with van der Waals surface area (Å²) in [6.45, 7) is 6.83. The van der Waals surface area contributed by atoms with E-state index in [0.717, 1.165) is 0 Å². The summed E-state index contributed by atoms with van der Waals surface area (Å²) in [6.07, 6.45) is -1.04. The predicted molar refractivity (Wildman–Crippen MR) is 61.7 cm³/mol. The third-order valence-electron chi connectivity index (χ3n) is 1.91. The summed E-state index contributed by atoms with van der Waals surface area (Å²) in [4.78, 5) is 22.3. The van der Waals surface area contributed by atoms with Gasteiger partial charge < -0.3 is 20.3 Å². The molecule has 0 heterocycles. The Morgan fingerprint density at radius 1 is 1.35 bits per heavy atom. The van der Waals surface area contributed by atoms with Crippen molar-refractivity contribution in [3.05, 3.63) is 0 Å². The molecule has 17 heavy (non-hydrogen) atoms. The Morgan fingerprint density at radius 2 is 1.88 bits per heavy atom. The maximum Gasteiger partial charge on any atom is 0.408 e. The van der Waals surface area contributed by atoms with Gasteiger partial charge in [-0.05, 0) is 27.2 Å². The molecule has 0 rings (SSSR count). The summed E-state index contributed by atoms with van der Waals surface area (Å²) in [6, 6.07) is -1.34. The highest BCUT2D eigenvalue weighted by molar-refractivity contribution is 5.80. The third-order valence-corrected chi connectivity index (χ3v) is 1.91. The summed E-state index contributed by atoms with van der Waals surface area (Å²) in [5, 5.41) is 20.6. The van der Waals surface area contributed by atoms with Crippen LogP contribution < -0.4 is 5.32 Å². The molecule has 0 unspecified atom stereocenters. The van der Waals surface area contributed by atoms with Gasteiger partial charge in [0.2, 0.25) is 0 Å². The molecule has 100 valence electrons. The molecule has 6 nitrogen and oxygen atoms in total. The summed E-state index contributed by atoms with van der Waals surface area (Å²) >= 11 is 0. The zero-order chi connectivity index (χ0) is 13.6. The molecule has 0 aliphatic heterocycles. The van der Waals surface area contributed by atoms with E-state index in [1.54, 1.807) is 20.8 Å². The molecule has 0 saturated heterocycles. The molecule has 0 bridgehead atoms. The lowest BCUT2D eigenvalue weighted by Gasteiger charge is -2.24. The van der Waals surface area contributed by atoms with Crippen molar-refractivity contribution >= 4 is 12.1 Å². The number of hydrogen-bond acceptors (Lipinski definition) is 4. The average Bonchev–Trinajstić information content (AvgIpc) is 2.11. The van der Waals surface area contributed by atoms with Gasteiger partial charge in [0.1, 0.15) is 5.60 Å². The summed E-state index contributed by atoms with van der Waals surface area (Å²) < 4.78 is 4.92. The predicted octanol–water partition coefficient (Wildman–Crippen LogP) is 1.13. The smallest absolute Gasteiger partial charge is 0.408 e. The lowest BCUT2D eigenvalue weighted by molar-refractivity contribution is -0.142. The van der Waals surface area contributed by atoms with Gasteiger partial charge in [-0.1, -0.05) is 13.3 Å². The van der Waals surface area contributed by atoms with Gasteiger partial charge in [0.05, 0.1) is 6.10 Å². The van der Waals surface area contributed by atoms with Crippen LogP contribution >= 0.6 is 0 Å². The maximum absolute atomic E-state index is 11.4. The summed E-state index contributed by atoms with van der Waals surface area (Å²) in [5.41, 5.74) is -0.706. The average molecular weight is 247 g/mol. The zero-order valence-corrected chi connectivity index (χ0v) is 10.7. The molecule has 0 aliphatic carbocycles. The van der Waals surface area contributed by atoms with Gasteiger partial charge in [-0.3, -0.25) is 0 Å². The largest absolute Gasteiger partial charge is 0.480 e. The van der Waals surface area contributed by atoms with Crippen LogP contribution in [0.4, 0.5) is 4.79 Å². The van der Waals surface area contributed by atoms with Crippen LogP contribution in [0.3, 0.4) is 0 Å². The second kappa shape index (κ2) is 6.44. The van der Waals surface area contributed by atoms with Crippen LogP contribution in [0.25, 0.3) is 0 Å². The van der Waals surface area contributed by atoms with E-state index in [0.29, 0.717) is 12.8 Å². The first kappa shape index (κ1) is 15.7. The number of nitrogens with one attached hydrogen (secondary N) is 1. The molecule has 0 saturated carbocycles. The van der Waals surface area contributed by atoms with Crippen molar-refractivity contribution in [1.29, 1.82) is 0 Å². The molecule has 0 aromatic heterocycles. The van der Waals surface area contributed by atoms with Crippen molar-refractivity contribution in [2.45, 2.75) is 58.3 Å². The van der Waals surface area contributed by atoms with Gasteiger partial charge in [0.15, 0.2) is 6.04 Å². The Labute approximate surface area is 101 Å². The van der Waals surface area contributed by atoms with Gasteiger partial charge in [0.25, 0.3) is 0 Å². The Morgan fingerprint density at radius 3 is 2.24 bits per heavy atom. The SMILES string of the molecule is CCC[C@@H](O)[C@H](NC(=O)OC(C)(C)C)C(=O)O. The molecular formula is C11H21NO5. The minimum Gasteiger partial charge on any atom is -0.480 e. The van der Waals surface area contributed by atoms with Crippen LogP contribution in [0.5, 0.6) is 0 Å². The maximum atomic E-state index is 11.4. The number of hydrogen-bond donors (Lipinski definition) is 3. The topological polar surface area (TPSA) is 95.9 Å². The first-order valence-electron chi connectivity index (χ1n) is 5.57. The number of carbonyl (C=O) groups is 2. The second-order valence-corrected chi connectivity index (χ2v) is 4.82. The number of rotatable bonds is 5. The number of carbonyl (C=O) groups excluding carboxylic acids is 1. The van der Waals surface area contributed by atoms with Crippen molar-refractivity contribution in [2.75, 3.05) is 0 Å². The van der Waals surface area contributed by atoms with Crippen molar-refractivity contribution < 1.29 is 24.5 Å². The highest BCUT2D eigenvalue weighted by Gasteiger charge is 2.29. The third kappa shape index (κ3) is 6.78. The van der Waals surface area contributed by atoms with Crippen LogP contribution in [0.15, 0.2) is 0 Å². The molecule has 2 atom stereocenters. The van der Waals surface area contributed by atoms with Gasteiger partial charge >= 0.3 is 12.1 Å². The van der Waals surface area contributed by atoms with Crippen molar-refractivity contribution in [1.82, 2.24) is 5.32 Å². The van der Waals surface area contributed by atoms with Crippen molar-refractivity contribution in [3.63, 3.8) is 0 Å². The molecule has 1 amide bonds. The highest BCUT2D eigenvalue weighted by atomic mass is 16.6. The van der Waals surface area contributed by atoms with Gasteiger partial charge in [-0.15, -0.1) is 0 Å². The Bertz CT molecular complexity index is 272. The van der Waals surface area contributed by atoms with Gasteiger partial charge in [-0.25, -0.2) is 9.59 Å². The minimum absolute atomic E-state index is 0.298. The quantitative estimate of drug-likeness (QED) is 0.676. The highest BCUT2D eigenvalue weighted by Crippen LogP contribution is 2.08. The van der Waals surface area contributed by atoms with Crippen molar-refractivity contribution in [2.24, 2.45) is 0 Å². The number of aliphatic carboxylic acids is 1. The molecule has 0 spiro atoms. The molecule has 0 aliphatic rings. The fourth-order valence-electron chi connectivity index (χ4n) is 1.22. The van der Waals surface area contributed by atoms with Gasteiger partial charge in [0, 0.05) is 0 Å². The number of alkyl carbamates (subject to hydrolysis) is 1. The van der Waals surface area contributed by atoms with Crippen molar-refractivity contribution in [3.8, 4) is 0 Å². The fraction of sp³-hybridized carbons (Fsp3) is 0.818. The van der Waals surface area contributed by atoms with E-state index in [1.165, 1.54) is 0 Å². The van der Waals surface area contributed by atoms with Crippen LogP contribution in [0, 0.1) is 0 Å². The second-order valence-electron chi connectivity index (χ2n) is 4.82. The lowest BCUT2D eigenvalue weighted by Crippen LogP contribution is -2.50. The van der Waals surface area contributed by atoms with E-state index < -0.39 is 29.8 Å². The molecule has 0 fully saturated rings. The van der Waals surface area contributed by atoms with Crippen LogP contribution in [-0.4, -0.2) is 40.0 Å². The Balaban J connectivity index is 4.45. The Kier molecular flexibility index (Phi) is 5.95. The molecule has 6 heteroatoms. The number of aliphatic hydroxyl groups excluding tert-OH is 1. The van der Waals surface area contributed by atoms with Crippen LogP contribution in [-0.2, 0) is 9.53 Å². The summed E-state index contributed by atoms with van der Waals surface area (Å²) in [5.74, 6) is -1.28. The molecule has 0 aromatic rings.